The molecule has 0 saturated carbocycles. The second kappa shape index (κ2) is 6.72. The van der Waals surface area contributed by atoms with Gasteiger partial charge in [0.15, 0.2) is 0 Å². The molecule has 0 amide bonds. The van der Waals surface area contributed by atoms with E-state index in [0.29, 0.717) is 36.8 Å². The van der Waals surface area contributed by atoms with Crippen LogP contribution in [0.3, 0.4) is 0 Å². The molecule has 0 aliphatic rings. The van der Waals surface area contributed by atoms with Gasteiger partial charge in [0.05, 0.1) is 23.2 Å². The Bertz CT molecular complexity index is 632. The zero-order valence-corrected chi connectivity index (χ0v) is 12.8. The minimum atomic E-state index is -0.924. The van der Waals surface area contributed by atoms with Crippen LogP contribution < -0.4 is 0 Å². The van der Waals surface area contributed by atoms with E-state index in [1.807, 2.05) is 17.6 Å². The number of aromatic nitrogens is 2. The molecule has 0 saturated heterocycles. The van der Waals surface area contributed by atoms with Gasteiger partial charge in [-0.2, -0.15) is 0 Å². The molecule has 114 valence electrons. The van der Waals surface area contributed by atoms with Gasteiger partial charge in [-0.05, 0) is 18.1 Å². The van der Waals surface area contributed by atoms with Crippen LogP contribution in [0.4, 0.5) is 0 Å². The highest BCUT2D eigenvalue weighted by Crippen LogP contribution is 2.21. The molecule has 1 aromatic carbocycles. The van der Waals surface area contributed by atoms with Crippen LogP contribution in [0.5, 0.6) is 0 Å². The number of carboxylic acid groups (broad SMARTS) is 1. The van der Waals surface area contributed by atoms with Crippen molar-refractivity contribution in [3.05, 3.63) is 29.6 Å². The number of carboxylic acids is 1. The normalized spacial score (nSPS) is 11.4. The number of hydrogen-bond acceptors (Lipinski definition) is 3. The predicted octanol–water partition coefficient (Wildman–Crippen LogP) is 2.97. The number of carbonyl (C=O) groups is 1. The zero-order chi connectivity index (χ0) is 15.4. The lowest BCUT2D eigenvalue weighted by Gasteiger charge is -2.11. The van der Waals surface area contributed by atoms with Crippen molar-refractivity contribution >= 4 is 17.0 Å². The average Bonchev–Trinajstić information content (AvgIpc) is 2.81. The summed E-state index contributed by atoms with van der Waals surface area (Å²) in [6.07, 6.45) is 0.762. The van der Waals surface area contributed by atoms with E-state index in [1.165, 1.54) is 0 Å². The van der Waals surface area contributed by atoms with Gasteiger partial charge < -0.3 is 14.4 Å². The van der Waals surface area contributed by atoms with Crippen LogP contribution in [-0.4, -0.2) is 33.8 Å². The van der Waals surface area contributed by atoms with Crippen molar-refractivity contribution in [1.29, 1.82) is 0 Å². The summed E-state index contributed by atoms with van der Waals surface area (Å²) in [4.78, 5) is 15.9. The van der Waals surface area contributed by atoms with Crippen LogP contribution >= 0.6 is 0 Å². The Morgan fingerprint density at radius 3 is 2.81 bits per heavy atom. The third-order valence-electron chi connectivity index (χ3n) is 3.30. The number of aryl methyl sites for hydroxylation is 1. The van der Waals surface area contributed by atoms with Gasteiger partial charge in [0.1, 0.15) is 5.82 Å². The first-order chi connectivity index (χ1) is 10.0. The lowest BCUT2D eigenvalue weighted by Crippen LogP contribution is -2.13. The Morgan fingerprint density at radius 2 is 2.19 bits per heavy atom. The van der Waals surface area contributed by atoms with Gasteiger partial charge >= 0.3 is 5.97 Å². The maximum Gasteiger partial charge on any atom is 0.337 e. The Labute approximate surface area is 124 Å². The molecule has 1 aromatic heterocycles. The first kappa shape index (κ1) is 15.5. The van der Waals surface area contributed by atoms with Gasteiger partial charge in [0.2, 0.25) is 0 Å². The highest BCUT2D eigenvalue weighted by molar-refractivity contribution is 6.01. The van der Waals surface area contributed by atoms with Crippen molar-refractivity contribution in [2.24, 2.45) is 5.92 Å². The van der Waals surface area contributed by atoms with Gasteiger partial charge in [0.25, 0.3) is 0 Å². The van der Waals surface area contributed by atoms with Gasteiger partial charge in [-0.15, -0.1) is 0 Å². The molecule has 5 nitrogen and oxygen atoms in total. The van der Waals surface area contributed by atoms with E-state index in [-0.39, 0.29) is 0 Å². The topological polar surface area (TPSA) is 64.3 Å². The molecule has 0 radical (unpaired) electrons. The van der Waals surface area contributed by atoms with Crippen LogP contribution in [0.25, 0.3) is 11.0 Å². The lowest BCUT2D eigenvalue weighted by atomic mass is 10.2. The third-order valence-corrected chi connectivity index (χ3v) is 3.30. The van der Waals surface area contributed by atoms with Crippen LogP contribution in [0.1, 0.15) is 37.0 Å². The van der Waals surface area contributed by atoms with E-state index in [4.69, 9.17) is 4.74 Å². The molecule has 2 rings (SSSR count). The number of fused-ring (bicyclic) bond motifs is 1. The van der Waals surface area contributed by atoms with Crippen molar-refractivity contribution in [3.8, 4) is 0 Å². The fraction of sp³-hybridized carbons (Fsp3) is 0.500. The Morgan fingerprint density at radius 1 is 1.43 bits per heavy atom. The molecule has 21 heavy (non-hydrogen) atoms. The Kier molecular flexibility index (Phi) is 4.96. The molecule has 0 bridgehead atoms. The van der Waals surface area contributed by atoms with Crippen molar-refractivity contribution < 1.29 is 14.6 Å². The van der Waals surface area contributed by atoms with E-state index in [1.54, 1.807) is 12.1 Å². The summed E-state index contributed by atoms with van der Waals surface area (Å²) >= 11 is 0. The molecular formula is C16H22N2O3. The molecule has 0 spiro atoms. The van der Waals surface area contributed by atoms with Crippen molar-refractivity contribution in [2.45, 2.75) is 33.7 Å². The monoisotopic (exact) mass is 290 g/mol. The van der Waals surface area contributed by atoms with E-state index in [2.05, 4.69) is 18.8 Å². The first-order valence-electron chi connectivity index (χ1n) is 7.33. The molecule has 1 N–H and O–H groups in total. The van der Waals surface area contributed by atoms with Crippen molar-refractivity contribution in [1.82, 2.24) is 9.55 Å². The van der Waals surface area contributed by atoms with E-state index in [9.17, 15) is 9.90 Å². The SMILES string of the molecule is CCc1nc2cccc(C(=O)O)c2n1CCOCC(C)C. The molecule has 0 atom stereocenters. The Hall–Kier alpha value is -1.88. The smallest absolute Gasteiger partial charge is 0.337 e. The summed E-state index contributed by atoms with van der Waals surface area (Å²) in [6, 6.07) is 5.21. The van der Waals surface area contributed by atoms with Gasteiger partial charge in [-0.25, -0.2) is 9.78 Å². The van der Waals surface area contributed by atoms with Crippen LogP contribution in [0.2, 0.25) is 0 Å². The molecule has 0 unspecified atom stereocenters. The lowest BCUT2D eigenvalue weighted by molar-refractivity contribution is 0.0698. The number of imidazole rings is 1. The van der Waals surface area contributed by atoms with Crippen LogP contribution in [-0.2, 0) is 17.7 Å². The number of nitrogens with zero attached hydrogens (tertiary/aromatic N) is 2. The van der Waals surface area contributed by atoms with Gasteiger partial charge in [-0.3, -0.25) is 0 Å². The maximum atomic E-state index is 11.4. The van der Waals surface area contributed by atoms with E-state index < -0.39 is 5.97 Å². The molecule has 5 heteroatoms. The Balaban J connectivity index is 2.33. The van der Waals surface area contributed by atoms with Gasteiger partial charge in [-0.1, -0.05) is 26.8 Å². The standard InChI is InChI=1S/C16H22N2O3/c1-4-14-17-13-7-5-6-12(16(19)20)15(13)18(14)8-9-21-10-11(2)3/h5-7,11H,4,8-10H2,1-3H3,(H,19,20). The second-order valence-corrected chi connectivity index (χ2v) is 5.48. The highest BCUT2D eigenvalue weighted by Gasteiger charge is 2.16. The first-order valence-corrected chi connectivity index (χ1v) is 7.33. The van der Waals surface area contributed by atoms with Crippen molar-refractivity contribution in [2.75, 3.05) is 13.2 Å². The number of para-hydroxylation sites is 1. The minimum absolute atomic E-state index is 0.295. The number of aromatic carboxylic acids is 1. The average molecular weight is 290 g/mol. The molecule has 0 fully saturated rings. The second-order valence-electron chi connectivity index (χ2n) is 5.48. The molecule has 0 aliphatic heterocycles. The largest absolute Gasteiger partial charge is 0.478 e. The molecular weight excluding hydrogens is 268 g/mol. The summed E-state index contributed by atoms with van der Waals surface area (Å²) in [7, 11) is 0. The molecule has 2 aromatic rings. The summed E-state index contributed by atoms with van der Waals surface area (Å²) in [6.45, 7) is 8.12. The number of hydrogen-bond donors (Lipinski definition) is 1. The molecule has 0 aliphatic carbocycles. The zero-order valence-electron chi connectivity index (χ0n) is 12.8. The predicted molar refractivity (Wildman–Crippen MR) is 81.7 cm³/mol. The van der Waals surface area contributed by atoms with Crippen LogP contribution in [0.15, 0.2) is 18.2 Å². The fourth-order valence-corrected chi connectivity index (χ4v) is 2.39. The summed E-state index contributed by atoms with van der Waals surface area (Å²) in [5.74, 6) is 0.462. The van der Waals surface area contributed by atoms with Crippen molar-refractivity contribution in [3.63, 3.8) is 0 Å². The number of rotatable bonds is 7. The fourth-order valence-electron chi connectivity index (χ4n) is 2.39. The number of ether oxygens (including phenoxy) is 1. The summed E-state index contributed by atoms with van der Waals surface area (Å²) < 4.78 is 7.59. The summed E-state index contributed by atoms with van der Waals surface area (Å²) in [5, 5.41) is 9.36. The maximum absolute atomic E-state index is 11.4. The quantitative estimate of drug-likeness (QED) is 0.796. The third kappa shape index (κ3) is 3.42. The minimum Gasteiger partial charge on any atom is -0.478 e. The van der Waals surface area contributed by atoms with Crippen LogP contribution in [0, 0.1) is 5.92 Å². The number of benzene rings is 1. The van der Waals surface area contributed by atoms with E-state index >= 15 is 0 Å². The summed E-state index contributed by atoms with van der Waals surface area (Å²) in [5.41, 5.74) is 1.72. The highest BCUT2D eigenvalue weighted by atomic mass is 16.5. The van der Waals surface area contributed by atoms with Gasteiger partial charge in [0, 0.05) is 19.6 Å². The molecule has 1 heterocycles. The van der Waals surface area contributed by atoms with E-state index in [0.717, 1.165) is 17.8 Å².